The van der Waals surface area contributed by atoms with Crippen molar-refractivity contribution in [1.82, 2.24) is 24.6 Å². The van der Waals surface area contributed by atoms with Gasteiger partial charge in [-0.25, -0.2) is 4.98 Å². The third-order valence-corrected chi connectivity index (χ3v) is 4.28. The molecule has 0 spiro atoms. The minimum Gasteiger partial charge on any atom is -0.338 e. The van der Waals surface area contributed by atoms with Gasteiger partial charge in [-0.15, -0.1) is 0 Å². The average Bonchev–Trinajstić information content (AvgIpc) is 3.16. The van der Waals surface area contributed by atoms with Crippen molar-refractivity contribution < 1.29 is 13.2 Å². The minimum atomic E-state index is -4.37. The Balaban J connectivity index is 1.67. The quantitative estimate of drug-likeness (QED) is 0.939. The number of nitrogens with one attached hydrogen (secondary N) is 1. The average molecular weight is 327 g/mol. The minimum absolute atomic E-state index is 0.0119. The molecule has 126 valence electrons. The van der Waals surface area contributed by atoms with Gasteiger partial charge in [-0.3, -0.25) is 9.58 Å². The van der Waals surface area contributed by atoms with Gasteiger partial charge in [0, 0.05) is 31.7 Å². The third-order valence-electron chi connectivity index (χ3n) is 4.28. The van der Waals surface area contributed by atoms with Crippen LogP contribution in [0.15, 0.2) is 18.5 Å². The van der Waals surface area contributed by atoms with E-state index in [-0.39, 0.29) is 5.92 Å². The summed E-state index contributed by atoms with van der Waals surface area (Å²) in [6.45, 7) is 5.26. The Labute approximate surface area is 132 Å². The van der Waals surface area contributed by atoms with Crippen LogP contribution >= 0.6 is 0 Å². The number of H-pyrrole nitrogens is 1. The molecule has 0 unspecified atom stereocenters. The molecular weight excluding hydrogens is 307 g/mol. The first-order valence-corrected chi connectivity index (χ1v) is 7.82. The first kappa shape index (κ1) is 16.0. The van der Waals surface area contributed by atoms with Crippen molar-refractivity contribution in [2.24, 2.45) is 0 Å². The lowest BCUT2D eigenvalue weighted by Gasteiger charge is -2.31. The highest BCUT2D eigenvalue weighted by Crippen LogP contribution is 2.31. The molecule has 1 fully saturated rings. The fraction of sp³-hybridized carbons (Fsp3) is 0.600. The summed E-state index contributed by atoms with van der Waals surface area (Å²) in [5, 5.41) is 4.25. The number of piperidine rings is 1. The molecule has 0 saturated carbocycles. The van der Waals surface area contributed by atoms with Crippen LogP contribution in [-0.4, -0.2) is 37.7 Å². The van der Waals surface area contributed by atoms with E-state index in [1.54, 1.807) is 6.20 Å². The number of halogens is 3. The van der Waals surface area contributed by atoms with Crippen LogP contribution in [0.1, 0.15) is 42.9 Å². The summed E-state index contributed by atoms with van der Waals surface area (Å²) >= 11 is 0. The molecule has 0 bridgehead atoms. The standard InChI is InChI=1S/C15H20F3N5/c1-2-23-12(5-6-20-23)10-22-7-3-4-11(9-22)14-19-8-13(21-14)15(16,17)18/h5-6,8,11H,2-4,7,9-10H2,1H3,(H,19,21)/t11-/m0/s1. The Morgan fingerprint density at radius 1 is 1.39 bits per heavy atom. The van der Waals surface area contributed by atoms with Crippen LogP contribution in [0, 0.1) is 0 Å². The van der Waals surface area contributed by atoms with Crippen molar-refractivity contribution >= 4 is 0 Å². The van der Waals surface area contributed by atoms with Gasteiger partial charge in [-0.2, -0.15) is 18.3 Å². The van der Waals surface area contributed by atoms with E-state index in [0.29, 0.717) is 12.4 Å². The van der Waals surface area contributed by atoms with E-state index in [1.807, 2.05) is 17.7 Å². The lowest BCUT2D eigenvalue weighted by atomic mass is 9.97. The second kappa shape index (κ2) is 6.35. The molecule has 5 nitrogen and oxygen atoms in total. The van der Waals surface area contributed by atoms with E-state index in [2.05, 4.69) is 20.0 Å². The number of hydrogen-bond acceptors (Lipinski definition) is 3. The van der Waals surface area contributed by atoms with E-state index in [0.717, 1.165) is 44.4 Å². The van der Waals surface area contributed by atoms with Crippen molar-refractivity contribution in [3.63, 3.8) is 0 Å². The van der Waals surface area contributed by atoms with Gasteiger partial charge in [0.15, 0.2) is 0 Å². The zero-order chi connectivity index (χ0) is 16.4. The zero-order valence-corrected chi connectivity index (χ0v) is 13.0. The van der Waals surface area contributed by atoms with Crippen LogP contribution in [0.3, 0.4) is 0 Å². The summed E-state index contributed by atoms with van der Waals surface area (Å²) in [5.41, 5.74) is 0.359. The molecule has 0 radical (unpaired) electrons. The van der Waals surface area contributed by atoms with Gasteiger partial charge >= 0.3 is 6.18 Å². The molecule has 1 aliphatic rings. The van der Waals surface area contributed by atoms with Crippen molar-refractivity contribution in [2.75, 3.05) is 13.1 Å². The van der Waals surface area contributed by atoms with Crippen LogP contribution in [0.5, 0.6) is 0 Å². The number of imidazole rings is 1. The number of alkyl halides is 3. The third kappa shape index (κ3) is 3.57. The molecule has 1 saturated heterocycles. The fourth-order valence-electron chi connectivity index (χ4n) is 3.12. The molecular formula is C15H20F3N5. The van der Waals surface area contributed by atoms with Gasteiger partial charge < -0.3 is 4.98 Å². The second-order valence-electron chi connectivity index (χ2n) is 5.89. The lowest BCUT2D eigenvalue weighted by Crippen LogP contribution is -2.35. The van der Waals surface area contributed by atoms with Gasteiger partial charge in [0.2, 0.25) is 0 Å². The van der Waals surface area contributed by atoms with Crippen LogP contribution in [0.4, 0.5) is 13.2 Å². The van der Waals surface area contributed by atoms with Crippen molar-refractivity contribution in [1.29, 1.82) is 0 Å². The molecule has 2 aromatic heterocycles. The number of aryl methyl sites for hydroxylation is 1. The Hall–Kier alpha value is -1.83. The highest BCUT2D eigenvalue weighted by atomic mass is 19.4. The van der Waals surface area contributed by atoms with Crippen LogP contribution < -0.4 is 0 Å². The first-order chi connectivity index (χ1) is 11.0. The maximum absolute atomic E-state index is 12.7. The van der Waals surface area contributed by atoms with Gasteiger partial charge in [0.1, 0.15) is 11.5 Å². The monoisotopic (exact) mass is 327 g/mol. The number of likely N-dealkylation sites (tertiary alicyclic amines) is 1. The van der Waals surface area contributed by atoms with Crippen LogP contribution in [0.2, 0.25) is 0 Å². The number of aromatic amines is 1. The molecule has 3 rings (SSSR count). The number of aromatic nitrogens is 4. The molecule has 0 aliphatic carbocycles. The second-order valence-corrected chi connectivity index (χ2v) is 5.89. The maximum Gasteiger partial charge on any atom is 0.432 e. The summed E-state index contributed by atoms with van der Waals surface area (Å²) in [5.74, 6) is 0.448. The topological polar surface area (TPSA) is 49.7 Å². The summed E-state index contributed by atoms with van der Waals surface area (Å²) < 4.78 is 40.0. The van der Waals surface area contributed by atoms with Crippen LogP contribution in [-0.2, 0) is 19.3 Å². The van der Waals surface area contributed by atoms with Gasteiger partial charge in [-0.05, 0) is 32.4 Å². The molecule has 2 aromatic rings. The predicted molar refractivity (Wildman–Crippen MR) is 78.7 cm³/mol. The summed E-state index contributed by atoms with van der Waals surface area (Å²) in [6, 6.07) is 1.99. The highest BCUT2D eigenvalue weighted by molar-refractivity contribution is 5.10. The zero-order valence-electron chi connectivity index (χ0n) is 13.0. The van der Waals surface area contributed by atoms with Gasteiger partial charge in [-0.1, -0.05) is 0 Å². The summed E-state index contributed by atoms with van der Waals surface area (Å²) in [4.78, 5) is 8.65. The number of nitrogens with zero attached hydrogens (tertiary/aromatic N) is 4. The molecule has 1 atom stereocenters. The number of hydrogen-bond donors (Lipinski definition) is 1. The van der Waals surface area contributed by atoms with E-state index in [9.17, 15) is 13.2 Å². The SMILES string of the molecule is CCn1nccc1CN1CCC[C@H](c2ncc(C(F)(F)F)[nH]2)C1. The first-order valence-electron chi connectivity index (χ1n) is 7.82. The van der Waals surface area contributed by atoms with Crippen molar-refractivity contribution in [2.45, 2.75) is 44.9 Å². The van der Waals surface area contributed by atoms with Crippen LogP contribution in [0.25, 0.3) is 0 Å². The normalized spacial score (nSPS) is 20.1. The Morgan fingerprint density at radius 3 is 2.91 bits per heavy atom. The van der Waals surface area contributed by atoms with Gasteiger partial charge in [0.25, 0.3) is 0 Å². The highest BCUT2D eigenvalue weighted by Gasteiger charge is 2.34. The smallest absolute Gasteiger partial charge is 0.338 e. The van der Waals surface area contributed by atoms with E-state index in [4.69, 9.17) is 0 Å². The van der Waals surface area contributed by atoms with E-state index in [1.165, 1.54) is 0 Å². The molecule has 0 amide bonds. The Morgan fingerprint density at radius 2 is 2.22 bits per heavy atom. The predicted octanol–water partition coefficient (Wildman–Crippen LogP) is 3.02. The van der Waals surface area contributed by atoms with E-state index >= 15 is 0 Å². The molecule has 8 heteroatoms. The molecule has 23 heavy (non-hydrogen) atoms. The van der Waals surface area contributed by atoms with E-state index < -0.39 is 11.9 Å². The lowest BCUT2D eigenvalue weighted by molar-refractivity contribution is -0.141. The molecule has 1 aliphatic heterocycles. The number of rotatable bonds is 4. The van der Waals surface area contributed by atoms with Crippen molar-refractivity contribution in [3.8, 4) is 0 Å². The molecule has 1 N–H and O–H groups in total. The Kier molecular flexibility index (Phi) is 4.43. The molecule has 3 heterocycles. The molecule has 0 aromatic carbocycles. The summed E-state index contributed by atoms with van der Waals surface area (Å²) in [6.07, 6.45) is 0.109. The van der Waals surface area contributed by atoms with Gasteiger partial charge in [0.05, 0.1) is 11.9 Å². The largest absolute Gasteiger partial charge is 0.432 e. The maximum atomic E-state index is 12.7. The fourth-order valence-corrected chi connectivity index (χ4v) is 3.12. The van der Waals surface area contributed by atoms with Crippen molar-refractivity contribution in [3.05, 3.63) is 35.7 Å². The Bertz CT molecular complexity index is 646. The summed E-state index contributed by atoms with van der Waals surface area (Å²) in [7, 11) is 0.